The Hall–Kier alpha value is -1.35. The van der Waals surface area contributed by atoms with Crippen LogP contribution in [0.1, 0.15) is 19.8 Å². The lowest BCUT2D eigenvalue weighted by atomic mass is 9.78. The predicted molar refractivity (Wildman–Crippen MR) is 62.4 cm³/mol. The van der Waals surface area contributed by atoms with Crippen LogP contribution in [0.5, 0.6) is 0 Å². The summed E-state index contributed by atoms with van der Waals surface area (Å²) < 4.78 is 0. The fourth-order valence-corrected chi connectivity index (χ4v) is 2.30. The van der Waals surface area contributed by atoms with Crippen molar-refractivity contribution in [1.82, 2.24) is 5.32 Å². The van der Waals surface area contributed by atoms with E-state index in [9.17, 15) is 4.79 Å². The Morgan fingerprint density at radius 1 is 1.56 bits per heavy atom. The summed E-state index contributed by atoms with van der Waals surface area (Å²) >= 11 is 0. The lowest BCUT2D eigenvalue weighted by Gasteiger charge is -2.29. The van der Waals surface area contributed by atoms with Crippen molar-refractivity contribution < 1.29 is 9.90 Å². The van der Waals surface area contributed by atoms with Crippen LogP contribution in [0, 0.1) is 11.8 Å². The lowest BCUT2D eigenvalue weighted by molar-refractivity contribution is -0.123. The molecular weight excluding hydrogens is 202 g/mol. The Balaban J connectivity index is 2.12. The molecular formula is C13H17NO2. The van der Waals surface area contributed by atoms with E-state index in [0.29, 0.717) is 11.8 Å². The van der Waals surface area contributed by atoms with Crippen LogP contribution in [-0.2, 0) is 4.79 Å². The van der Waals surface area contributed by atoms with E-state index < -0.39 is 6.61 Å². The Bertz CT molecular complexity index is 379. The Labute approximate surface area is 95.5 Å². The van der Waals surface area contributed by atoms with E-state index in [1.807, 2.05) is 6.08 Å². The summed E-state index contributed by atoms with van der Waals surface area (Å²) in [6.07, 6.45) is 10.6. The summed E-state index contributed by atoms with van der Waals surface area (Å²) in [5.74, 6) is 0.698. The molecule has 0 fully saturated rings. The number of nitrogens with one attached hydrogen (secondary N) is 1. The maximum atomic E-state index is 11.1. The number of carbonyl (C=O) groups is 1. The van der Waals surface area contributed by atoms with Gasteiger partial charge in [0.15, 0.2) is 0 Å². The summed E-state index contributed by atoms with van der Waals surface area (Å²) in [5.41, 5.74) is 2.21. The third-order valence-corrected chi connectivity index (χ3v) is 3.20. The van der Waals surface area contributed by atoms with E-state index in [1.165, 1.54) is 5.57 Å². The zero-order valence-electron chi connectivity index (χ0n) is 9.44. The Kier molecular flexibility index (Phi) is 3.25. The molecule has 3 heteroatoms. The van der Waals surface area contributed by atoms with Crippen molar-refractivity contribution in [1.29, 1.82) is 0 Å². The molecule has 2 N–H and O–H groups in total. The fraction of sp³-hybridized carbons (Fsp3) is 0.462. The number of amides is 1. The minimum Gasteiger partial charge on any atom is -0.387 e. The van der Waals surface area contributed by atoms with E-state index in [2.05, 4.69) is 30.5 Å². The summed E-state index contributed by atoms with van der Waals surface area (Å²) in [6.45, 7) is 1.75. The van der Waals surface area contributed by atoms with Gasteiger partial charge in [-0.3, -0.25) is 4.79 Å². The molecule has 2 atom stereocenters. The number of aliphatic hydroxyl groups is 1. The van der Waals surface area contributed by atoms with Crippen molar-refractivity contribution in [3.63, 3.8) is 0 Å². The zero-order chi connectivity index (χ0) is 11.5. The maximum Gasteiger partial charge on any atom is 0.250 e. The number of hydrogen-bond donors (Lipinski definition) is 2. The number of fused-ring (bicyclic) bond motifs is 1. The third-order valence-electron chi connectivity index (χ3n) is 3.20. The van der Waals surface area contributed by atoms with Crippen molar-refractivity contribution in [2.45, 2.75) is 19.8 Å². The second kappa shape index (κ2) is 4.66. The van der Waals surface area contributed by atoms with E-state index in [0.717, 1.165) is 18.5 Å². The summed E-state index contributed by atoms with van der Waals surface area (Å²) in [4.78, 5) is 11.1. The summed E-state index contributed by atoms with van der Waals surface area (Å²) in [6, 6.07) is 0. The van der Waals surface area contributed by atoms with Crippen LogP contribution < -0.4 is 5.32 Å². The second-order valence-electron chi connectivity index (χ2n) is 4.42. The van der Waals surface area contributed by atoms with Crippen LogP contribution in [0.2, 0.25) is 0 Å². The Morgan fingerprint density at radius 3 is 3.12 bits per heavy atom. The molecule has 0 saturated heterocycles. The number of rotatable bonds is 2. The fourth-order valence-electron chi connectivity index (χ4n) is 2.30. The van der Waals surface area contributed by atoms with Crippen LogP contribution in [0.15, 0.2) is 35.6 Å². The first kappa shape index (κ1) is 11.1. The van der Waals surface area contributed by atoms with Gasteiger partial charge in [-0.05, 0) is 24.8 Å². The molecule has 0 aliphatic heterocycles. The molecule has 0 radical (unpaired) electrons. The summed E-state index contributed by atoms with van der Waals surface area (Å²) in [7, 11) is 0. The lowest BCUT2D eigenvalue weighted by Crippen LogP contribution is -2.27. The smallest absolute Gasteiger partial charge is 0.250 e. The maximum absolute atomic E-state index is 11.1. The van der Waals surface area contributed by atoms with Crippen molar-refractivity contribution >= 4 is 5.91 Å². The number of aliphatic hydroxyl groups excluding tert-OH is 1. The summed E-state index contributed by atoms with van der Waals surface area (Å²) in [5, 5.41) is 11.4. The highest BCUT2D eigenvalue weighted by Crippen LogP contribution is 2.35. The second-order valence-corrected chi connectivity index (χ2v) is 4.42. The van der Waals surface area contributed by atoms with Gasteiger partial charge < -0.3 is 10.4 Å². The van der Waals surface area contributed by atoms with Crippen LogP contribution in [0.4, 0.5) is 0 Å². The largest absolute Gasteiger partial charge is 0.387 e. The predicted octanol–water partition coefficient (Wildman–Crippen LogP) is 1.52. The molecule has 0 bridgehead atoms. The van der Waals surface area contributed by atoms with Gasteiger partial charge in [0.05, 0.1) is 0 Å². The normalized spacial score (nSPS) is 27.9. The molecule has 0 spiro atoms. The van der Waals surface area contributed by atoms with Gasteiger partial charge in [-0.15, -0.1) is 0 Å². The first-order chi connectivity index (χ1) is 7.70. The first-order valence-electron chi connectivity index (χ1n) is 5.69. The van der Waals surface area contributed by atoms with Gasteiger partial charge in [-0.25, -0.2) is 0 Å². The molecule has 0 aromatic heterocycles. The highest BCUT2D eigenvalue weighted by atomic mass is 16.3. The number of allylic oxidation sites excluding steroid dienone is 5. The average molecular weight is 219 g/mol. The molecule has 3 nitrogen and oxygen atoms in total. The van der Waals surface area contributed by atoms with Crippen molar-refractivity contribution in [3.05, 3.63) is 35.6 Å². The Morgan fingerprint density at radius 2 is 2.38 bits per heavy atom. The standard InChI is InChI=1S/C13H17NO2/c1-9-3-2-4-10-5-6-11(7-12(9)10)14-13(16)8-15/h2,4,6-7,9-10,15H,3,5,8H2,1H3,(H,14,16). The molecule has 0 heterocycles. The minimum atomic E-state index is -0.459. The van der Waals surface area contributed by atoms with Crippen molar-refractivity contribution in [2.24, 2.45) is 11.8 Å². The van der Waals surface area contributed by atoms with Crippen molar-refractivity contribution in [2.75, 3.05) is 6.61 Å². The van der Waals surface area contributed by atoms with E-state index in [1.54, 1.807) is 0 Å². The monoisotopic (exact) mass is 219 g/mol. The average Bonchev–Trinajstić information content (AvgIpc) is 2.30. The molecule has 2 aliphatic carbocycles. The number of carbonyl (C=O) groups excluding carboxylic acids is 1. The molecule has 1 amide bonds. The van der Waals surface area contributed by atoms with E-state index in [4.69, 9.17) is 5.11 Å². The van der Waals surface area contributed by atoms with E-state index in [-0.39, 0.29) is 5.91 Å². The minimum absolute atomic E-state index is 0.347. The van der Waals surface area contributed by atoms with Crippen LogP contribution >= 0.6 is 0 Å². The molecule has 0 aromatic carbocycles. The SMILES string of the molecule is CC1CC=CC2CC=C(NC(=O)CO)C=C12. The number of hydrogen-bond acceptors (Lipinski definition) is 2. The van der Waals surface area contributed by atoms with Gasteiger partial charge in [-0.2, -0.15) is 0 Å². The third kappa shape index (κ3) is 2.25. The van der Waals surface area contributed by atoms with Gasteiger partial charge in [-0.1, -0.05) is 30.7 Å². The first-order valence-corrected chi connectivity index (χ1v) is 5.69. The van der Waals surface area contributed by atoms with Crippen LogP contribution in [-0.4, -0.2) is 17.6 Å². The highest BCUT2D eigenvalue weighted by Gasteiger charge is 2.23. The zero-order valence-corrected chi connectivity index (χ0v) is 9.44. The van der Waals surface area contributed by atoms with Gasteiger partial charge in [0.2, 0.25) is 5.91 Å². The highest BCUT2D eigenvalue weighted by molar-refractivity contribution is 5.79. The van der Waals surface area contributed by atoms with Gasteiger partial charge in [0.1, 0.15) is 6.61 Å². The molecule has 16 heavy (non-hydrogen) atoms. The molecule has 0 saturated carbocycles. The molecule has 2 unspecified atom stereocenters. The van der Waals surface area contributed by atoms with Gasteiger partial charge in [0.25, 0.3) is 0 Å². The molecule has 2 aliphatic rings. The van der Waals surface area contributed by atoms with Crippen LogP contribution in [0.3, 0.4) is 0 Å². The van der Waals surface area contributed by atoms with E-state index >= 15 is 0 Å². The van der Waals surface area contributed by atoms with Gasteiger partial charge >= 0.3 is 0 Å². The van der Waals surface area contributed by atoms with Gasteiger partial charge in [0, 0.05) is 11.6 Å². The molecule has 0 aromatic rings. The van der Waals surface area contributed by atoms with Crippen molar-refractivity contribution in [3.8, 4) is 0 Å². The molecule has 86 valence electrons. The topological polar surface area (TPSA) is 49.3 Å². The quantitative estimate of drug-likeness (QED) is 0.692. The van der Waals surface area contributed by atoms with Crippen LogP contribution in [0.25, 0.3) is 0 Å². The molecule has 2 rings (SSSR count).